The maximum absolute atomic E-state index is 11.1. The molecule has 1 rings (SSSR count). The number of amides is 1. The van der Waals surface area contributed by atoms with Gasteiger partial charge < -0.3 is 5.32 Å². The Kier molecular flexibility index (Phi) is 7.09. The Morgan fingerprint density at radius 2 is 2.23 bits per heavy atom. The average molecular weight is 204 g/mol. The van der Waals surface area contributed by atoms with Crippen LogP contribution in [0.1, 0.15) is 27.2 Å². The van der Waals surface area contributed by atoms with Crippen molar-refractivity contribution < 1.29 is 4.79 Å². The number of nitrogens with one attached hydrogen (secondary N) is 2. The van der Waals surface area contributed by atoms with E-state index in [4.69, 9.17) is 0 Å². The number of carbonyl (C=O) groups is 1. The summed E-state index contributed by atoms with van der Waals surface area (Å²) < 4.78 is 0. The maximum Gasteiger partial charge on any atom is 0.237 e. The molecule has 4 heteroatoms. The SMILES string of the molecule is CC.CCC1NC(C(=O)NC)CS1. The van der Waals surface area contributed by atoms with Gasteiger partial charge in [-0.15, -0.1) is 11.8 Å². The Hall–Kier alpha value is -0.220. The summed E-state index contributed by atoms with van der Waals surface area (Å²) >= 11 is 1.82. The number of rotatable bonds is 2. The highest BCUT2D eigenvalue weighted by molar-refractivity contribution is 8.00. The van der Waals surface area contributed by atoms with Gasteiger partial charge in [-0.25, -0.2) is 0 Å². The van der Waals surface area contributed by atoms with Crippen molar-refractivity contribution in [3.8, 4) is 0 Å². The highest BCUT2D eigenvalue weighted by atomic mass is 32.2. The lowest BCUT2D eigenvalue weighted by atomic mass is 10.3. The third kappa shape index (κ3) is 4.00. The van der Waals surface area contributed by atoms with Crippen molar-refractivity contribution in [2.75, 3.05) is 12.8 Å². The average Bonchev–Trinajstić information content (AvgIpc) is 2.68. The Morgan fingerprint density at radius 3 is 2.62 bits per heavy atom. The molecule has 1 aliphatic rings. The highest BCUT2D eigenvalue weighted by Gasteiger charge is 2.27. The number of hydrogen-bond acceptors (Lipinski definition) is 3. The lowest BCUT2D eigenvalue weighted by molar-refractivity contribution is -0.122. The van der Waals surface area contributed by atoms with E-state index in [2.05, 4.69) is 17.6 Å². The van der Waals surface area contributed by atoms with Crippen LogP contribution in [0.2, 0.25) is 0 Å². The summed E-state index contributed by atoms with van der Waals surface area (Å²) in [7, 11) is 1.67. The van der Waals surface area contributed by atoms with Crippen LogP contribution < -0.4 is 10.6 Å². The first-order valence-corrected chi connectivity index (χ1v) is 5.92. The molecule has 0 spiro atoms. The zero-order valence-corrected chi connectivity index (χ0v) is 9.70. The summed E-state index contributed by atoms with van der Waals surface area (Å²) in [6, 6.07) is 0.0231. The summed E-state index contributed by atoms with van der Waals surface area (Å²) in [6.45, 7) is 6.12. The lowest BCUT2D eigenvalue weighted by Crippen LogP contribution is -2.42. The van der Waals surface area contributed by atoms with E-state index in [9.17, 15) is 4.79 Å². The number of thioether (sulfide) groups is 1. The molecule has 0 bridgehead atoms. The third-order valence-corrected chi connectivity index (χ3v) is 3.18. The van der Waals surface area contributed by atoms with Crippen LogP contribution in [0.5, 0.6) is 0 Å². The zero-order chi connectivity index (χ0) is 10.3. The van der Waals surface area contributed by atoms with Gasteiger partial charge in [-0.05, 0) is 6.42 Å². The topological polar surface area (TPSA) is 41.1 Å². The maximum atomic E-state index is 11.1. The molecule has 1 amide bonds. The molecule has 78 valence electrons. The number of hydrogen-bond donors (Lipinski definition) is 2. The molecule has 2 unspecified atom stereocenters. The van der Waals surface area contributed by atoms with Crippen LogP contribution in [0.25, 0.3) is 0 Å². The van der Waals surface area contributed by atoms with Gasteiger partial charge in [0.05, 0.1) is 11.4 Å². The van der Waals surface area contributed by atoms with E-state index in [1.165, 1.54) is 0 Å². The fourth-order valence-corrected chi connectivity index (χ4v) is 2.26. The van der Waals surface area contributed by atoms with Crippen molar-refractivity contribution in [3.63, 3.8) is 0 Å². The van der Waals surface area contributed by atoms with E-state index in [1.54, 1.807) is 7.05 Å². The Bertz CT molecular complexity index is 153. The summed E-state index contributed by atoms with van der Waals surface area (Å²) in [6.07, 6.45) is 1.08. The molecule has 1 fully saturated rings. The molecule has 0 aromatic heterocycles. The molecule has 0 radical (unpaired) electrons. The number of carbonyl (C=O) groups excluding carboxylic acids is 1. The largest absolute Gasteiger partial charge is 0.358 e. The van der Waals surface area contributed by atoms with Gasteiger partial charge >= 0.3 is 0 Å². The van der Waals surface area contributed by atoms with Crippen LogP contribution in [0, 0.1) is 0 Å². The van der Waals surface area contributed by atoms with Gasteiger partial charge in [0.2, 0.25) is 5.91 Å². The highest BCUT2D eigenvalue weighted by Crippen LogP contribution is 2.20. The molecule has 3 nitrogen and oxygen atoms in total. The quantitative estimate of drug-likeness (QED) is 0.710. The first-order valence-electron chi connectivity index (χ1n) is 4.87. The first kappa shape index (κ1) is 12.8. The standard InChI is InChI=1S/C7H14N2OS.C2H6/c1-3-6-9-5(4-11-6)7(10)8-2;1-2/h5-6,9H,3-4H2,1-2H3,(H,8,10);1-2H3. The van der Waals surface area contributed by atoms with Crippen molar-refractivity contribution >= 4 is 17.7 Å². The van der Waals surface area contributed by atoms with Crippen molar-refractivity contribution in [2.45, 2.75) is 38.6 Å². The molecule has 1 aliphatic heterocycles. The van der Waals surface area contributed by atoms with E-state index >= 15 is 0 Å². The monoisotopic (exact) mass is 204 g/mol. The summed E-state index contributed by atoms with van der Waals surface area (Å²) in [4.78, 5) is 11.1. The summed E-state index contributed by atoms with van der Waals surface area (Å²) in [5, 5.41) is 6.35. The third-order valence-electron chi connectivity index (χ3n) is 1.78. The molecule has 1 saturated heterocycles. The molecule has 2 N–H and O–H groups in total. The van der Waals surface area contributed by atoms with Crippen LogP contribution in [0.3, 0.4) is 0 Å². The van der Waals surface area contributed by atoms with Gasteiger partial charge in [0.25, 0.3) is 0 Å². The molecule has 1 heterocycles. The second kappa shape index (κ2) is 7.21. The van der Waals surface area contributed by atoms with Crippen LogP contribution in [0.4, 0.5) is 0 Å². The fraction of sp³-hybridized carbons (Fsp3) is 0.889. The van der Waals surface area contributed by atoms with Gasteiger partial charge in [-0.1, -0.05) is 20.8 Å². The second-order valence-corrected chi connectivity index (χ2v) is 3.80. The minimum Gasteiger partial charge on any atom is -0.358 e. The van der Waals surface area contributed by atoms with E-state index in [1.807, 2.05) is 25.6 Å². The van der Waals surface area contributed by atoms with Gasteiger partial charge in [0.15, 0.2) is 0 Å². The molecule has 13 heavy (non-hydrogen) atoms. The Morgan fingerprint density at radius 1 is 1.62 bits per heavy atom. The fourth-order valence-electron chi connectivity index (χ4n) is 1.09. The van der Waals surface area contributed by atoms with Crippen molar-refractivity contribution in [2.24, 2.45) is 0 Å². The smallest absolute Gasteiger partial charge is 0.237 e. The molecule has 0 aromatic rings. The van der Waals surface area contributed by atoms with Crippen LogP contribution in [0.15, 0.2) is 0 Å². The summed E-state index contributed by atoms with van der Waals surface area (Å²) in [5.74, 6) is 1.01. The molecular weight excluding hydrogens is 184 g/mol. The van der Waals surface area contributed by atoms with Crippen LogP contribution >= 0.6 is 11.8 Å². The lowest BCUT2D eigenvalue weighted by Gasteiger charge is -2.09. The van der Waals surface area contributed by atoms with Gasteiger partial charge in [0, 0.05) is 12.8 Å². The minimum atomic E-state index is 0.0231. The van der Waals surface area contributed by atoms with Crippen molar-refractivity contribution in [1.29, 1.82) is 0 Å². The van der Waals surface area contributed by atoms with Crippen LogP contribution in [-0.4, -0.2) is 30.1 Å². The molecule has 0 aromatic carbocycles. The van der Waals surface area contributed by atoms with Gasteiger partial charge in [0.1, 0.15) is 0 Å². The molecular formula is C9H20N2OS. The normalized spacial score (nSPS) is 26.2. The Labute approximate surface area is 85.0 Å². The molecule has 2 atom stereocenters. The number of likely N-dealkylation sites (N-methyl/N-ethyl adjacent to an activating group) is 1. The molecule has 0 aliphatic carbocycles. The molecule has 0 saturated carbocycles. The summed E-state index contributed by atoms with van der Waals surface area (Å²) in [5.41, 5.74) is 0. The predicted octanol–water partition coefficient (Wildman–Crippen LogP) is 1.20. The van der Waals surface area contributed by atoms with Gasteiger partial charge in [-0.2, -0.15) is 0 Å². The first-order chi connectivity index (χ1) is 6.27. The van der Waals surface area contributed by atoms with E-state index in [-0.39, 0.29) is 11.9 Å². The van der Waals surface area contributed by atoms with Gasteiger partial charge in [-0.3, -0.25) is 10.1 Å². The Balaban J connectivity index is 0.000000671. The zero-order valence-electron chi connectivity index (χ0n) is 8.89. The van der Waals surface area contributed by atoms with E-state index in [0.29, 0.717) is 5.37 Å². The predicted molar refractivity (Wildman–Crippen MR) is 58.9 cm³/mol. The van der Waals surface area contributed by atoms with E-state index in [0.717, 1.165) is 12.2 Å². The van der Waals surface area contributed by atoms with Crippen LogP contribution in [-0.2, 0) is 4.79 Å². The van der Waals surface area contributed by atoms with E-state index < -0.39 is 0 Å². The van der Waals surface area contributed by atoms with Crippen molar-refractivity contribution in [1.82, 2.24) is 10.6 Å². The van der Waals surface area contributed by atoms with Crippen molar-refractivity contribution in [3.05, 3.63) is 0 Å². The second-order valence-electron chi connectivity index (χ2n) is 2.56. The minimum absolute atomic E-state index is 0.0231.